The Morgan fingerprint density at radius 2 is 1.53 bits per heavy atom. The van der Waals surface area contributed by atoms with E-state index < -0.39 is 33.6 Å². The smallest absolute Gasteiger partial charge is 0.326 e. The van der Waals surface area contributed by atoms with Gasteiger partial charge in [-0.15, -0.1) is 0 Å². The van der Waals surface area contributed by atoms with Crippen molar-refractivity contribution in [3.63, 3.8) is 0 Å². The van der Waals surface area contributed by atoms with Crippen LogP contribution >= 0.6 is 22.6 Å². The summed E-state index contributed by atoms with van der Waals surface area (Å²) >= 11 is 1.04. The monoisotopic (exact) mass is 369 g/mol. The minimum Gasteiger partial charge on any atom is -0.326 e. The maximum absolute atomic E-state index is 12.6. The number of hydrogen-bond acceptors (Lipinski definition) is 1. The van der Waals surface area contributed by atoms with Crippen LogP contribution in [0.5, 0.6) is 0 Å². The number of hydrogen-bond donors (Lipinski definition) is 1. The Balaban J connectivity index is 3.55. The second kappa shape index (κ2) is 4.63. The average molecular weight is 369 g/mol. The number of halogens is 7. The minimum atomic E-state index is -4.85. The van der Waals surface area contributed by atoms with Crippen LogP contribution in [-0.2, 0) is 18.9 Å². The lowest BCUT2D eigenvalue weighted by molar-refractivity contribution is -0.144. The second-order valence-corrected chi connectivity index (χ2v) is 4.24. The molecule has 17 heavy (non-hydrogen) atoms. The van der Waals surface area contributed by atoms with Gasteiger partial charge in [0.1, 0.15) is 0 Å². The molecule has 1 nitrogen and oxygen atoms in total. The molecule has 1 aromatic carbocycles. The zero-order valence-electron chi connectivity index (χ0n) is 8.08. The molecule has 0 unspecified atom stereocenters. The third-order valence-electron chi connectivity index (χ3n) is 2.04. The number of nitrogens with two attached hydrogens (primary N) is 1. The molecule has 0 aliphatic heterocycles. The molecule has 8 heteroatoms. The van der Waals surface area contributed by atoms with E-state index in [4.69, 9.17) is 5.73 Å². The van der Waals surface area contributed by atoms with E-state index in [1.807, 2.05) is 0 Å². The van der Waals surface area contributed by atoms with Gasteiger partial charge in [0.15, 0.2) is 0 Å². The molecule has 0 atom stereocenters. The number of alkyl halides is 6. The SMILES string of the molecule is NCc1ccc(C(F)(F)F)c(I)c1C(F)(F)F. The molecule has 0 amide bonds. The van der Waals surface area contributed by atoms with E-state index >= 15 is 0 Å². The molecule has 0 saturated carbocycles. The molecule has 0 bridgehead atoms. The van der Waals surface area contributed by atoms with Gasteiger partial charge in [0.25, 0.3) is 0 Å². The largest absolute Gasteiger partial charge is 0.417 e. The van der Waals surface area contributed by atoms with Crippen LogP contribution in [-0.4, -0.2) is 0 Å². The maximum atomic E-state index is 12.6. The van der Waals surface area contributed by atoms with Gasteiger partial charge < -0.3 is 5.73 Å². The van der Waals surface area contributed by atoms with Crippen molar-refractivity contribution < 1.29 is 26.3 Å². The quantitative estimate of drug-likeness (QED) is 0.592. The molecule has 2 N–H and O–H groups in total. The number of benzene rings is 1. The molecule has 0 saturated heterocycles. The first-order chi connectivity index (χ1) is 7.59. The molecule has 0 aromatic heterocycles. The highest BCUT2D eigenvalue weighted by atomic mass is 127. The van der Waals surface area contributed by atoms with E-state index in [1.54, 1.807) is 0 Å². The fraction of sp³-hybridized carbons (Fsp3) is 0.333. The van der Waals surface area contributed by atoms with Crippen LogP contribution in [0.2, 0.25) is 0 Å². The lowest BCUT2D eigenvalue weighted by atomic mass is 10.0. The van der Waals surface area contributed by atoms with Crippen molar-refractivity contribution >= 4 is 22.6 Å². The molecular formula is C9H6F6IN. The molecule has 0 aliphatic carbocycles. The highest BCUT2D eigenvalue weighted by Crippen LogP contribution is 2.41. The fourth-order valence-corrected chi connectivity index (χ4v) is 2.45. The first-order valence-electron chi connectivity index (χ1n) is 4.25. The number of rotatable bonds is 1. The van der Waals surface area contributed by atoms with Gasteiger partial charge in [0.05, 0.1) is 11.1 Å². The van der Waals surface area contributed by atoms with Crippen LogP contribution in [0.25, 0.3) is 0 Å². The van der Waals surface area contributed by atoms with E-state index in [2.05, 4.69) is 0 Å². The van der Waals surface area contributed by atoms with E-state index in [9.17, 15) is 26.3 Å². The Hall–Kier alpha value is -0.510. The van der Waals surface area contributed by atoms with Crippen LogP contribution in [0.3, 0.4) is 0 Å². The van der Waals surface area contributed by atoms with Crippen LogP contribution in [0.4, 0.5) is 26.3 Å². The average Bonchev–Trinajstić information content (AvgIpc) is 2.12. The van der Waals surface area contributed by atoms with Crippen molar-refractivity contribution in [2.45, 2.75) is 18.9 Å². The van der Waals surface area contributed by atoms with Gasteiger partial charge >= 0.3 is 12.4 Å². The third kappa shape index (κ3) is 3.03. The van der Waals surface area contributed by atoms with E-state index in [0.717, 1.165) is 28.7 Å². The second-order valence-electron chi connectivity index (χ2n) is 3.16. The fourth-order valence-electron chi connectivity index (χ4n) is 1.31. The van der Waals surface area contributed by atoms with Crippen LogP contribution in [0, 0.1) is 3.57 Å². The lowest BCUT2D eigenvalue weighted by Gasteiger charge is -2.18. The van der Waals surface area contributed by atoms with Crippen LogP contribution in [0.1, 0.15) is 16.7 Å². The van der Waals surface area contributed by atoms with Gasteiger partial charge in [-0.1, -0.05) is 6.07 Å². The third-order valence-corrected chi connectivity index (χ3v) is 3.16. The first-order valence-corrected chi connectivity index (χ1v) is 5.32. The molecule has 96 valence electrons. The van der Waals surface area contributed by atoms with Crippen molar-refractivity contribution in [2.75, 3.05) is 0 Å². The van der Waals surface area contributed by atoms with Crippen molar-refractivity contribution in [3.05, 3.63) is 32.4 Å². The summed E-state index contributed by atoms with van der Waals surface area (Å²) in [5.74, 6) is 0. The molecule has 0 heterocycles. The Labute approximate surface area is 106 Å². The lowest BCUT2D eigenvalue weighted by Crippen LogP contribution is -2.18. The van der Waals surface area contributed by atoms with E-state index in [1.165, 1.54) is 0 Å². The predicted octanol–water partition coefficient (Wildman–Crippen LogP) is 3.79. The van der Waals surface area contributed by atoms with Gasteiger partial charge in [-0.2, -0.15) is 26.3 Å². The summed E-state index contributed by atoms with van der Waals surface area (Å²) in [6.07, 6.45) is -9.67. The van der Waals surface area contributed by atoms with Gasteiger partial charge in [-0.25, -0.2) is 0 Å². The van der Waals surface area contributed by atoms with Crippen LogP contribution < -0.4 is 5.73 Å². The summed E-state index contributed by atoms with van der Waals surface area (Å²) in [7, 11) is 0. The Kier molecular flexibility index (Phi) is 3.97. The predicted molar refractivity (Wildman–Crippen MR) is 57.1 cm³/mol. The summed E-state index contributed by atoms with van der Waals surface area (Å²) in [6.45, 7) is -0.469. The van der Waals surface area contributed by atoms with Gasteiger partial charge in [-0.3, -0.25) is 0 Å². The molecular weight excluding hydrogens is 363 g/mol. The van der Waals surface area contributed by atoms with Gasteiger partial charge in [0, 0.05) is 10.1 Å². The first kappa shape index (κ1) is 14.6. The maximum Gasteiger partial charge on any atom is 0.417 e. The normalized spacial score (nSPS) is 12.9. The van der Waals surface area contributed by atoms with Crippen molar-refractivity contribution in [1.82, 2.24) is 0 Å². The molecule has 0 fully saturated rings. The van der Waals surface area contributed by atoms with Crippen molar-refractivity contribution in [2.24, 2.45) is 5.73 Å². The van der Waals surface area contributed by atoms with E-state index in [-0.39, 0.29) is 5.56 Å². The summed E-state index contributed by atoms with van der Waals surface area (Å²) in [6, 6.07) is 1.37. The highest BCUT2D eigenvalue weighted by Gasteiger charge is 2.41. The Morgan fingerprint density at radius 1 is 1.00 bits per heavy atom. The summed E-state index contributed by atoms with van der Waals surface area (Å²) < 4.78 is 74.4. The molecule has 1 aromatic rings. The topological polar surface area (TPSA) is 26.0 Å². The zero-order valence-corrected chi connectivity index (χ0v) is 10.2. The molecule has 0 aliphatic rings. The summed E-state index contributed by atoms with van der Waals surface area (Å²) in [5.41, 5.74) is 2.13. The van der Waals surface area contributed by atoms with Crippen molar-refractivity contribution in [1.29, 1.82) is 0 Å². The summed E-state index contributed by atoms with van der Waals surface area (Å²) in [5, 5.41) is 0. The van der Waals surface area contributed by atoms with Crippen molar-refractivity contribution in [3.8, 4) is 0 Å². The standard InChI is InChI=1S/C9H6F6IN/c10-8(11,12)5-2-1-4(3-17)6(7(5)16)9(13,14)15/h1-2H,3,17H2. The van der Waals surface area contributed by atoms with Gasteiger partial charge in [0.2, 0.25) is 0 Å². The molecule has 0 radical (unpaired) electrons. The Bertz CT molecular complexity index is 423. The Morgan fingerprint density at radius 3 is 1.88 bits per heavy atom. The highest BCUT2D eigenvalue weighted by molar-refractivity contribution is 14.1. The van der Waals surface area contributed by atoms with E-state index in [0.29, 0.717) is 6.07 Å². The zero-order chi connectivity index (χ0) is 13.4. The minimum absolute atomic E-state index is 0.352. The van der Waals surface area contributed by atoms with Crippen LogP contribution in [0.15, 0.2) is 12.1 Å². The molecule has 0 spiro atoms. The summed E-state index contributed by atoms with van der Waals surface area (Å²) in [4.78, 5) is 0. The van der Waals surface area contributed by atoms with Gasteiger partial charge in [-0.05, 0) is 34.2 Å². The molecule has 1 rings (SSSR count).